The van der Waals surface area contributed by atoms with Gasteiger partial charge in [0.25, 0.3) is 5.91 Å². The van der Waals surface area contributed by atoms with E-state index in [4.69, 9.17) is 28.5 Å². The second kappa shape index (κ2) is 16.6. The lowest BCUT2D eigenvalue weighted by Gasteiger charge is -2.35. The van der Waals surface area contributed by atoms with Crippen molar-refractivity contribution in [1.82, 2.24) is 10.2 Å². The fraction of sp³-hybridized carbons (Fsp3) is 0.455. The molecule has 2 unspecified atom stereocenters. The van der Waals surface area contributed by atoms with Crippen LogP contribution in [0.1, 0.15) is 89.0 Å². The molecule has 0 fully saturated rings. The summed E-state index contributed by atoms with van der Waals surface area (Å²) in [7, 11) is 0. The molecule has 9 nitrogen and oxygen atoms in total. The number of para-hydroxylation sites is 1. The number of amides is 4. The number of benzene rings is 2. The van der Waals surface area contributed by atoms with Crippen molar-refractivity contribution in [2.24, 2.45) is 5.73 Å². The summed E-state index contributed by atoms with van der Waals surface area (Å²) in [6.45, 7) is 9.07. The van der Waals surface area contributed by atoms with Gasteiger partial charge < -0.3 is 26.0 Å². The fourth-order valence-electron chi connectivity index (χ4n) is 4.60. The van der Waals surface area contributed by atoms with Crippen LogP contribution < -0.4 is 16.4 Å². The summed E-state index contributed by atoms with van der Waals surface area (Å²) in [6.07, 6.45) is 8.79. The maximum atomic E-state index is 14.3. The van der Waals surface area contributed by atoms with Gasteiger partial charge in [-0.2, -0.15) is 0 Å². The first-order chi connectivity index (χ1) is 20.3. The molecule has 0 spiro atoms. The average Bonchev–Trinajstić information content (AvgIpc) is 2.92. The standard InChI is InChI=1S/C33H43ClN4O5/c1-7-9-10-11-14-20-38(31(41)26(21-27(35)39)36-32(42)43-33(4,5)6)29(24-18-13-12-17-23(24)8-2)30(40)37-28-22(3)16-15-19-25(28)34/h2,12-13,15-19,26,29H,7,9-11,14,20-21H2,1,3-6H3,(H2,35,39)(H,36,42)(H,37,40). The molecule has 0 aromatic heterocycles. The van der Waals surface area contributed by atoms with E-state index in [1.54, 1.807) is 70.2 Å². The van der Waals surface area contributed by atoms with Gasteiger partial charge in [0.15, 0.2) is 0 Å². The lowest BCUT2D eigenvalue weighted by Crippen LogP contribution is -2.53. The SMILES string of the molecule is C#Cc1ccccc1C(C(=O)Nc1c(C)cccc1Cl)N(CCCCCCC)C(=O)C(CC(N)=O)NC(=O)OC(C)(C)C. The number of carbonyl (C=O) groups is 4. The minimum Gasteiger partial charge on any atom is -0.444 e. The fourth-order valence-corrected chi connectivity index (χ4v) is 4.87. The van der Waals surface area contributed by atoms with Gasteiger partial charge in [-0.05, 0) is 57.4 Å². The lowest BCUT2D eigenvalue weighted by atomic mass is 9.96. The summed E-state index contributed by atoms with van der Waals surface area (Å²) in [5, 5.41) is 5.71. The van der Waals surface area contributed by atoms with Crippen LogP contribution in [-0.2, 0) is 19.1 Å². The molecule has 0 saturated heterocycles. The van der Waals surface area contributed by atoms with E-state index in [1.165, 1.54) is 4.90 Å². The molecule has 0 radical (unpaired) electrons. The Bertz CT molecular complexity index is 1310. The van der Waals surface area contributed by atoms with Crippen LogP contribution >= 0.6 is 11.6 Å². The molecule has 43 heavy (non-hydrogen) atoms. The number of rotatable bonds is 14. The number of anilines is 1. The van der Waals surface area contributed by atoms with E-state index in [-0.39, 0.29) is 6.54 Å². The van der Waals surface area contributed by atoms with Crippen molar-refractivity contribution in [3.8, 4) is 12.3 Å². The number of hydrogen-bond acceptors (Lipinski definition) is 5. The molecule has 0 heterocycles. The van der Waals surface area contributed by atoms with Crippen LogP contribution in [0.2, 0.25) is 5.02 Å². The third-order valence-electron chi connectivity index (χ3n) is 6.62. The van der Waals surface area contributed by atoms with Crippen LogP contribution in [0.25, 0.3) is 0 Å². The molecule has 2 rings (SSSR count). The van der Waals surface area contributed by atoms with Crippen LogP contribution in [0.3, 0.4) is 0 Å². The van der Waals surface area contributed by atoms with Crippen molar-refractivity contribution in [2.45, 2.75) is 90.8 Å². The summed E-state index contributed by atoms with van der Waals surface area (Å²) in [6, 6.07) is 9.43. The van der Waals surface area contributed by atoms with Gasteiger partial charge in [-0.3, -0.25) is 14.4 Å². The largest absolute Gasteiger partial charge is 0.444 e. The molecule has 0 aliphatic carbocycles. The number of alkyl carbamates (subject to hydrolysis) is 1. The highest BCUT2D eigenvalue weighted by Gasteiger charge is 2.38. The molecule has 0 bridgehead atoms. The first-order valence-electron chi connectivity index (χ1n) is 14.5. The number of aryl methyl sites for hydroxylation is 1. The van der Waals surface area contributed by atoms with Crippen LogP contribution in [0.4, 0.5) is 10.5 Å². The minimum absolute atomic E-state index is 0.145. The summed E-state index contributed by atoms with van der Waals surface area (Å²) >= 11 is 6.43. The van der Waals surface area contributed by atoms with Crippen molar-refractivity contribution in [3.05, 3.63) is 64.2 Å². The molecule has 2 aromatic rings. The van der Waals surface area contributed by atoms with Crippen molar-refractivity contribution in [2.75, 3.05) is 11.9 Å². The molecule has 0 aliphatic heterocycles. The van der Waals surface area contributed by atoms with Crippen molar-refractivity contribution in [1.29, 1.82) is 0 Å². The Morgan fingerprint density at radius 1 is 1.05 bits per heavy atom. The van der Waals surface area contributed by atoms with Crippen molar-refractivity contribution >= 4 is 41.1 Å². The molecule has 2 atom stereocenters. The number of primary amides is 1. The highest BCUT2D eigenvalue weighted by atomic mass is 35.5. The number of hydrogen-bond donors (Lipinski definition) is 3. The van der Waals surface area contributed by atoms with Crippen molar-refractivity contribution in [3.63, 3.8) is 0 Å². The highest BCUT2D eigenvalue weighted by molar-refractivity contribution is 6.34. The van der Waals surface area contributed by atoms with E-state index in [1.807, 2.05) is 0 Å². The van der Waals surface area contributed by atoms with Gasteiger partial charge in [-0.1, -0.05) is 80.5 Å². The number of nitrogens with one attached hydrogen (secondary N) is 2. The van der Waals surface area contributed by atoms with Gasteiger partial charge in [0, 0.05) is 12.1 Å². The van der Waals surface area contributed by atoms with Crippen molar-refractivity contribution < 1.29 is 23.9 Å². The molecular formula is C33H43ClN4O5. The van der Waals surface area contributed by atoms with Gasteiger partial charge in [0.05, 0.1) is 17.1 Å². The number of unbranched alkanes of at least 4 members (excludes halogenated alkanes) is 4. The normalized spacial score (nSPS) is 12.4. The monoisotopic (exact) mass is 610 g/mol. The number of ether oxygens (including phenoxy) is 1. The van der Waals surface area contributed by atoms with Gasteiger partial charge >= 0.3 is 6.09 Å². The predicted octanol–water partition coefficient (Wildman–Crippen LogP) is 5.88. The van der Waals surface area contributed by atoms with Crippen LogP contribution in [0.15, 0.2) is 42.5 Å². The van der Waals surface area contributed by atoms with Crippen LogP contribution in [-0.4, -0.2) is 46.9 Å². The van der Waals surface area contributed by atoms with Crippen LogP contribution in [0.5, 0.6) is 0 Å². The number of nitrogens with zero attached hydrogens (tertiary/aromatic N) is 1. The zero-order valence-electron chi connectivity index (χ0n) is 25.7. The van der Waals surface area contributed by atoms with Crippen LogP contribution in [0, 0.1) is 19.3 Å². The number of terminal acetylenes is 1. The molecule has 0 aliphatic rings. The van der Waals surface area contributed by atoms with Gasteiger partial charge in [-0.15, -0.1) is 6.42 Å². The first-order valence-corrected chi connectivity index (χ1v) is 14.9. The van der Waals surface area contributed by atoms with E-state index in [9.17, 15) is 19.2 Å². The molecule has 0 saturated carbocycles. The topological polar surface area (TPSA) is 131 Å². The van der Waals surface area contributed by atoms with Gasteiger partial charge in [-0.25, -0.2) is 4.79 Å². The summed E-state index contributed by atoms with van der Waals surface area (Å²) in [5.41, 5.74) is 6.58. The lowest BCUT2D eigenvalue weighted by molar-refractivity contribution is -0.142. The van der Waals surface area contributed by atoms with Gasteiger partial charge in [0.2, 0.25) is 11.8 Å². The average molecular weight is 611 g/mol. The maximum Gasteiger partial charge on any atom is 0.408 e. The molecule has 4 N–H and O–H groups in total. The van der Waals surface area contributed by atoms with Gasteiger partial charge in [0.1, 0.15) is 17.7 Å². The van der Waals surface area contributed by atoms with E-state index in [2.05, 4.69) is 23.5 Å². The number of nitrogens with two attached hydrogens (primary N) is 1. The first kappa shape index (κ1) is 35.2. The number of halogens is 1. The quantitative estimate of drug-likeness (QED) is 0.182. The Morgan fingerprint density at radius 2 is 1.72 bits per heavy atom. The molecular weight excluding hydrogens is 568 g/mol. The highest BCUT2D eigenvalue weighted by Crippen LogP contribution is 2.31. The summed E-state index contributed by atoms with van der Waals surface area (Å²) in [4.78, 5) is 54.6. The Morgan fingerprint density at radius 3 is 2.33 bits per heavy atom. The molecule has 232 valence electrons. The second-order valence-electron chi connectivity index (χ2n) is 11.4. The van der Waals surface area contributed by atoms with E-state index in [0.29, 0.717) is 28.3 Å². The zero-order chi connectivity index (χ0) is 32.2. The Kier molecular flexibility index (Phi) is 13.5. The Hall–Kier alpha value is -4.03. The van der Waals surface area contributed by atoms with E-state index in [0.717, 1.165) is 31.2 Å². The van der Waals surface area contributed by atoms with E-state index < -0.39 is 47.9 Å². The second-order valence-corrected chi connectivity index (χ2v) is 11.8. The molecule has 4 amide bonds. The summed E-state index contributed by atoms with van der Waals surface area (Å²) in [5.74, 6) is 0.559. The maximum absolute atomic E-state index is 14.3. The molecule has 2 aromatic carbocycles. The zero-order valence-corrected chi connectivity index (χ0v) is 26.4. The third-order valence-corrected chi connectivity index (χ3v) is 6.94. The smallest absolute Gasteiger partial charge is 0.408 e. The predicted molar refractivity (Wildman–Crippen MR) is 169 cm³/mol. The minimum atomic E-state index is -1.39. The number of carbonyl (C=O) groups excluding carboxylic acids is 4. The Balaban J connectivity index is 2.64. The van der Waals surface area contributed by atoms with E-state index >= 15 is 0 Å². The summed E-state index contributed by atoms with van der Waals surface area (Å²) < 4.78 is 5.35. The molecule has 10 heteroatoms. The Labute approximate surface area is 259 Å². The third kappa shape index (κ3) is 11.0.